The molecule has 0 aromatic heterocycles. The molecule has 6 heteroatoms. The number of primary amides is 1. The number of nitrogens with one attached hydrogen (secondary N) is 1. The van der Waals surface area contributed by atoms with Crippen LogP contribution in [0.3, 0.4) is 0 Å². The van der Waals surface area contributed by atoms with E-state index in [2.05, 4.69) is 36.5 Å². The minimum atomic E-state index is -0.567. The van der Waals surface area contributed by atoms with Gasteiger partial charge in [-0.3, -0.25) is 4.79 Å². The molecular formula is C19H23ClN2O3. The summed E-state index contributed by atoms with van der Waals surface area (Å²) in [7, 11) is 0. The van der Waals surface area contributed by atoms with Gasteiger partial charge in [0.25, 0.3) is 5.91 Å². The monoisotopic (exact) mass is 362 g/mol. The maximum absolute atomic E-state index is 10.9. The molecule has 0 unspecified atom stereocenters. The molecule has 1 amide bonds. The predicted octanol–water partition coefficient (Wildman–Crippen LogP) is 3.20. The molecule has 5 nitrogen and oxygen atoms in total. The normalized spacial score (nSPS) is 10.5. The van der Waals surface area contributed by atoms with Crippen LogP contribution in [0.15, 0.2) is 36.4 Å². The average molecular weight is 363 g/mol. The van der Waals surface area contributed by atoms with Crippen molar-refractivity contribution < 1.29 is 14.3 Å². The van der Waals surface area contributed by atoms with Gasteiger partial charge in [0.15, 0.2) is 18.1 Å². The first-order valence-corrected chi connectivity index (χ1v) is 8.50. The largest absolute Gasteiger partial charge is 0.490 e. The Labute approximate surface area is 153 Å². The zero-order valence-corrected chi connectivity index (χ0v) is 15.2. The minimum absolute atomic E-state index is 0.245. The lowest BCUT2D eigenvalue weighted by atomic mass is 10.1. The van der Waals surface area contributed by atoms with Gasteiger partial charge in [-0.2, -0.15) is 0 Å². The number of ether oxygens (including phenoxy) is 2. The van der Waals surface area contributed by atoms with Gasteiger partial charge < -0.3 is 20.5 Å². The molecule has 0 spiro atoms. The van der Waals surface area contributed by atoms with E-state index in [0.29, 0.717) is 29.7 Å². The van der Waals surface area contributed by atoms with Gasteiger partial charge in [0.2, 0.25) is 0 Å². The van der Waals surface area contributed by atoms with Crippen molar-refractivity contribution in [1.82, 2.24) is 5.32 Å². The van der Waals surface area contributed by atoms with E-state index < -0.39 is 5.91 Å². The molecule has 3 N–H and O–H groups in total. The maximum atomic E-state index is 10.9. The molecule has 0 saturated carbocycles. The van der Waals surface area contributed by atoms with Crippen LogP contribution in [0.5, 0.6) is 11.5 Å². The number of halogens is 1. The molecule has 0 saturated heterocycles. The number of aryl methyl sites for hydroxylation is 1. The lowest BCUT2D eigenvalue weighted by Gasteiger charge is -2.15. The Balaban J connectivity index is 2.04. The van der Waals surface area contributed by atoms with E-state index >= 15 is 0 Å². The summed E-state index contributed by atoms with van der Waals surface area (Å²) in [5.41, 5.74) is 8.53. The van der Waals surface area contributed by atoms with E-state index in [1.54, 1.807) is 6.07 Å². The van der Waals surface area contributed by atoms with Crippen molar-refractivity contribution in [3.63, 3.8) is 0 Å². The van der Waals surface area contributed by atoms with Crippen molar-refractivity contribution in [3.05, 3.63) is 58.1 Å². The molecular weight excluding hydrogens is 340 g/mol. The highest BCUT2D eigenvalue weighted by atomic mass is 35.5. The average Bonchev–Trinajstić information content (AvgIpc) is 2.56. The number of benzene rings is 2. The van der Waals surface area contributed by atoms with Crippen LogP contribution < -0.4 is 20.5 Å². The summed E-state index contributed by atoms with van der Waals surface area (Å²) < 4.78 is 10.9. The standard InChI is InChI=1S/C19H23ClN2O3/c1-3-24-17-9-15(8-16(20)19(17)25-12-18(21)23)11-22-10-14-6-4-13(2)5-7-14/h4-9,22H,3,10-12H2,1-2H3,(H2,21,23). The second kappa shape index (κ2) is 9.30. The predicted molar refractivity (Wildman–Crippen MR) is 99.0 cm³/mol. The zero-order valence-electron chi connectivity index (χ0n) is 14.5. The summed E-state index contributed by atoms with van der Waals surface area (Å²) in [6.07, 6.45) is 0. The smallest absolute Gasteiger partial charge is 0.255 e. The van der Waals surface area contributed by atoms with Crippen LogP contribution in [-0.4, -0.2) is 19.1 Å². The lowest BCUT2D eigenvalue weighted by molar-refractivity contribution is -0.119. The Morgan fingerprint density at radius 1 is 1.12 bits per heavy atom. The first kappa shape index (κ1) is 19.1. The van der Waals surface area contributed by atoms with Crippen molar-refractivity contribution in [2.45, 2.75) is 26.9 Å². The van der Waals surface area contributed by atoms with Crippen LogP contribution in [0, 0.1) is 6.92 Å². The fourth-order valence-electron chi connectivity index (χ4n) is 2.33. The molecule has 134 valence electrons. The first-order valence-electron chi connectivity index (χ1n) is 8.12. The van der Waals surface area contributed by atoms with Crippen LogP contribution in [-0.2, 0) is 17.9 Å². The van der Waals surface area contributed by atoms with Crippen LogP contribution in [0.4, 0.5) is 0 Å². The summed E-state index contributed by atoms with van der Waals surface area (Å²) in [6.45, 7) is 5.53. The Bertz CT molecular complexity index is 717. The van der Waals surface area contributed by atoms with Crippen molar-refractivity contribution in [2.24, 2.45) is 5.73 Å². The highest BCUT2D eigenvalue weighted by Crippen LogP contribution is 2.36. The number of rotatable bonds is 9. The Hall–Kier alpha value is -2.24. The Morgan fingerprint density at radius 2 is 1.80 bits per heavy atom. The molecule has 0 atom stereocenters. The Kier molecular flexibility index (Phi) is 7.10. The van der Waals surface area contributed by atoms with E-state index in [1.165, 1.54) is 11.1 Å². The van der Waals surface area contributed by atoms with Crippen LogP contribution in [0.1, 0.15) is 23.6 Å². The summed E-state index contributed by atoms with van der Waals surface area (Å²) in [5.74, 6) is 0.273. The summed E-state index contributed by atoms with van der Waals surface area (Å²) in [5, 5.41) is 3.76. The number of hydrogen-bond donors (Lipinski definition) is 2. The third-order valence-electron chi connectivity index (χ3n) is 3.51. The number of nitrogens with two attached hydrogens (primary N) is 1. The van der Waals surface area contributed by atoms with Gasteiger partial charge in [-0.15, -0.1) is 0 Å². The van der Waals surface area contributed by atoms with Crippen LogP contribution in [0.25, 0.3) is 0 Å². The fourth-order valence-corrected chi connectivity index (χ4v) is 2.61. The molecule has 0 heterocycles. The molecule has 25 heavy (non-hydrogen) atoms. The molecule has 0 radical (unpaired) electrons. The molecule has 0 aliphatic carbocycles. The number of amides is 1. The van der Waals surface area contributed by atoms with Crippen LogP contribution in [0.2, 0.25) is 5.02 Å². The third-order valence-corrected chi connectivity index (χ3v) is 3.79. The number of hydrogen-bond acceptors (Lipinski definition) is 4. The van der Waals surface area contributed by atoms with Gasteiger partial charge in [0.05, 0.1) is 11.6 Å². The molecule has 2 aromatic carbocycles. The van der Waals surface area contributed by atoms with E-state index in [1.807, 2.05) is 13.0 Å². The SMILES string of the molecule is CCOc1cc(CNCc2ccc(C)cc2)cc(Cl)c1OCC(N)=O. The van der Waals surface area contributed by atoms with Crippen molar-refractivity contribution >= 4 is 17.5 Å². The second-order valence-corrected chi connectivity index (χ2v) is 6.09. The molecule has 2 rings (SSSR count). The lowest BCUT2D eigenvalue weighted by Crippen LogP contribution is -2.20. The molecule has 0 bridgehead atoms. The van der Waals surface area contributed by atoms with E-state index in [0.717, 1.165) is 12.1 Å². The van der Waals surface area contributed by atoms with Gasteiger partial charge in [-0.05, 0) is 37.1 Å². The van der Waals surface area contributed by atoms with Gasteiger partial charge >= 0.3 is 0 Å². The highest BCUT2D eigenvalue weighted by molar-refractivity contribution is 6.32. The van der Waals surface area contributed by atoms with Crippen molar-refractivity contribution in [3.8, 4) is 11.5 Å². The molecule has 2 aromatic rings. The fraction of sp³-hybridized carbons (Fsp3) is 0.316. The number of carbonyl (C=O) groups is 1. The highest BCUT2D eigenvalue weighted by Gasteiger charge is 2.13. The Morgan fingerprint density at radius 3 is 2.44 bits per heavy atom. The maximum Gasteiger partial charge on any atom is 0.255 e. The van der Waals surface area contributed by atoms with Crippen molar-refractivity contribution in [2.75, 3.05) is 13.2 Å². The summed E-state index contributed by atoms with van der Waals surface area (Å²) in [4.78, 5) is 10.9. The first-order chi connectivity index (χ1) is 12.0. The summed E-state index contributed by atoms with van der Waals surface area (Å²) in [6, 6.07) is 12.0. The van der Waals surface area contributed by atoms with Crippen molar-refractivity contribution in [1.29, 1.82) is 0 Å². The zero-order chi connectivity index (χ0) is 18.2. The minimum Gasteiger partial charge on any atom is -0.490 e. The van der Waals surface area contributed by atoms with Gasteiger partial charge in [0.1, 0.15) is 0 Å². The van der Waals surface area contributed by atoms with E-state index in [4.69, 9.17) is 26.8 Å². The van der Waals surface area contributed by atoms with Gasteiger partial charge in [-0.1, -0.05) is 41.4 Å². The number of carbonyl (C=O) groups excluding carboxylic acids is 1. The van der Waals surface area contributed by atoms with Gasteiger partial charge in [-0.25, -0.2) is 0 Å². The quantitative estimate of drug-likeness (QED) is 0.718. The van der Waals surface area contributed by atoms with E-state index in [9.17, 15) is 4.79 Å². The summed E-state index contributed by atoms with van der Waals surface area (Å²) >= 11 is 6.28. The van der Waals surface area contributed by atoms with Crippen LogP contribution >= 0.6 is 11.6 Å². The van der Waals surface area contributed by atoms with E-state index in [-0.39, 0.29) is 6.61 Å². The van der Waals surface area contributed by atoms with Gasteiger partial charge in [0, 0.05) is 13.1 Å². The molecule has 0 aliphatic heterocycles. The molecule has 0 aliphatic rings. The third kappa shape index (κ3) is 5.96. The molecule has 0 fully saturated rings. The second-order valence-electron chi connectivity index (χ2n) is 5.68. The topological polar surface area (TPSA) is 73.6 Å².